The van der Waals surface area contributed by atoms with Crippen molar-refractivity contribution in [3.05, 3.63) is 53.5 Å². The minimum atomic E-state index is -0.184. The highest BCUT2D eigenvalue weighted by Crippen LogP contribution is 2.22. The summed E-state index contributed by atoms with van der Waals surface area (Å²) in [5.74, 6) is 0.903. The first kappa shape index (κ1) is 18.9. The second kappa shape index (κ2) is 7.62. The van der Waals surface area contributed by atoms with Crippen LogP contribution in [-0.2, 0) is 12.1 Å². The fraction of sp³-hybridized carbons (Fsp3) is 0.450. The average Bonchev–Trinajstić information content (AvgIpc) is 2.58. The van der Waals surface area contributed by atoms with E-state index >= 15 is 0 Å². The maximum absolute atomic E-state index is 9.07. The second-order valence-electron chi connectivity index (χ2n) is 7.94. The third-order valence-corrected chi connectivity index (χ3v) is 3.97. The first-order valence-electron chi connectivity index (χ1n) is 8.52. The third-order valence-electron chi connectivity index (χ3n) is 3.97. The minimum Gasteiger partial charge on any atom is -0.369 e. The van der Waals surface area contributed by atoms with Crippen LogP contribution in [0.15, 0.2) is 36.5 Å². The molecule has 1 aromatic carbocycles. The van der Waals surface area contributed by atoms with Crippen LogP contribution in [0.2, 0.25) is 0 Å². The Morgan fingerprint density at radius 2 is 1.76 bits per heavy atom. The van der Waals surface area contributed by atoms with E-state index in [1.165, 1.54) is 5.56 Å². The highest BCUT2D eigenvalue weighted by atomic mass is 15.1. The van der Waals surface area contributed by atoms with Crippen molar-refractivity contribution in [1.29, 1.82) is 5.26 Å². The van der Waals surface area contributed by atoms with E-state index < -0.39 is 0 Å². The lowest BCUT2D eigenvalue weighted by molar-refractivity contribution is 0.400. The molecule has 0 aliphatic rings. The molecule has 1 aromatic heterocycles. The molecule has 2 N–H and O–H groups in total. The SMILES string of the molecule is CC(C)(C)CNc1nc(C#N)ncc1CNC(C)(C)c1ccccc1. The molecule has 0 atom stereocenters. The smallest absolute Gasteiger partial charge is 0.234 e. The van der Waals surface area contributed by atoms with Gasteiger partial charge in [-0.2, -0.15) is 5.26 Å². The Morgan fingerprint density at radius 3 is 2.36 bits per heavy atom. The fourth-order valence-corrected chi connectivity index (χ4v) is 2.37. The molecular formula is C20H27N5. The standard InChI is InChI=1S/C20H27N5/c1-19(2,3)14-23-18-15(12-22-17(11-21)25-18)13-24-20(4,5)16-9-7-6-8-10-16/h6-10,12,24H,13-14H2,1-5H3,(H,22,23,25). The minimum absolute atomic E-state index is 0.117. The van der Waals surface area contributed by atoms with Gasteiger partial charge in [0.2, 0.25) is 5.82 Å². The lowest BCUT2D eigenvalue weighted by atomic mass is 9.94. The van der Waals surface area contributed by atoms with Gasteiger partial charge < -0.3 is 10.6 Å². The van der Waals surface area contributed by atoms with E-state index in [1.54, 1.807) is 6.20 Å². The number of benzene rings is 1. The number of nitriles is 1. The van der Waals surface area contributed by atoms with Gasteiger partial charge >= 0.3 is 0 Å². The van der Waals surface area contributed by atoms with Crippen molar-refractivity contribution in [3.63, 3.8) is 0 Å². The van der Waals surface area contributed by atoms with Gasteiger partial charge in [-0.1, -0.05) is 51.1 Å². The summed E-state index contributed by atoms with van der Waals surface area (Å²) in [6.45, 7) is 12.1. The summed E-state index contributed by atoms with van der Waals surface area (Å²) in [5.41, 5.74) is 2.10. The topological polar surface area (TPSA) is 73.6 Å². The molecule has 25 heavy (non-hydrogen) atoms. The quantitative estimate of drug-likeness (QED) is 0.838. The summed E-state index contributed by atoms with van der Waals surface area (Å²) < 4.78 is 0. The molecule has 0 amide bonds. The molecule has 0 spiro atoms. The number of anilines is 1. The van der Waals surface area contributed by atoms with Crippen LogP contribution in [0.3, 0.4) is 0 Å². The third kappa shape index (κ3) is 5.54. The molecule has 0 fully saturated rings. The number of nitrogens with one attached hydrogen (secondary N) is 2. The summed E-state index contributed by atoms with van der Waals surface area (Å²) in [6, 6.07) is 12.3. The van der Waals surface area contributed by atoms with Crippen molar-refractivity contribution in [2.45, 2.75) is 46.7 Å². The van der Waals surface area contributed by atoms with Gasteiger partial charge in [0, 0.05) is 30.4 Å². The van der Waals surface area contributed by atoms with Gasteiger partial charge in [-0.15, -0.1) is 0 Å². The number of aromatic nitrogens is 2. The molecule has 0 bridgehead atoms. The van der Waals surface area contributed by atoms with Crippen LogP contribution in [0, 0.1) is 16.7 Å². The summed E-state index contributed by atoms with van der Waals surface area (Å²) in [4.78, 5) is 8.47. The zero-order chi connectivity index (χ0) is 18.5. The molecule has 0 aliphatic heterocycles. The van der Waals surface area contributed by atoms with Crippen LogP contribution in [0.25, 0.3) is 0 Å². The number of nitrogens with zero attached hydrogens (tertiary/aromatic N) is 3. The zero-order valence-electron chi connectivity index (χ0n) is 15.7. The molecule has 0 saturated carbocycles. The molecule has 132 valence electrons. The Morgan fingerprint density at radius 1 is 1.08 bits per heavy atom. The van der Waals surface area contributed by atoms with E-state index in [9.17, 15) is 0 Å². The van der Waals surface area contributed by atoms with Crippen LogP contribution >= 0.6 is 0 Å². The summed E-state index contributed by atoms with van der Waals surface area (Å²) in [5, 5.41) is 16.0. The Balaban J connectivity index is 2.17. The van der Waals surface area contributed by atoms with Gasteiger partial charge in [0.25, 0.3) is 0 Å². The maximum atomic E-state index is 9.07. The summed E-state index contributed by atoms with van der Waals surface area (Å²) >= 11 is 0. The van der Waals surface area contributed by atoms with Gasteiger partial charge in [-0.3, -0.25) is 0 Å². The molecule has 2 aromatic rings. The van der Waals surface area contributed by atoms with Crippen molar-refractivity contribution in [3.8, 4) is 6.07 Å². The highest BCUT2D eigenvalue weighted by Gasteiger charge is 2.20. The number of rotatable bonds is 6. The predicted octanol–water partition coefficient (Wildman–Crippen LogP) is 3.83. The first-order valence-corrected chi connectivity index (χ1v) is 8.52. The molecule has 5 nitrogen and oxygen atoms in total. The van der Waals surface area contributed by atoms with Gasteiger partial charge in [-0.25, -0.2) is 9.97 Å². The monoisotopic (exact) mass is 337 g/mol. The van der Waals surface area contributed by atoms with Gasteiger partial charge in [0.1, 0.15) is 11.9 Å². The Kier molecular flexibility index (Phi) is 5.76. The van der Waals surface area contributed by atoms with E-state index in [0.29, 0.717) is 6.54 Å². The van der Waals surface area contributed by atoms with Gasteiger partial charge in [0.15, 0.2) is 0 Å². The Bertz CT molecular complexity index is 739. The second-order valence-corrected chi connectivity index (χ2v) is 7.94. The predicted molar refractivity (Wildman–Crippen MR) is 101 cm³/mol. The Hall–Kier alpha value is -2.45. The van der Waals surface area contributed by atoms with E-state index in [1.807, 2.05) is 24.3 Å². The van der Waals surface area contributed by atoms with E-state index in [-0.39, 0.29) is 16.8 Å². The number of hydrogen-bond donors (Lipinski definition) is 2. The lowest BCUT2D eigenvalue weighted by Crippen LogP contribution is -2.36. The fourth-order valence-electron chi connectivity index (χ4n) is 2.37. The van der Waals surface area contributed by atoms with Crippen molar-refractivity contribution in [1.82, 2.24) is 15.3 Å². The van der Waals surface area contributed by atoms with Crippen LogP contribution in [0.5, 0.6) is 0 Å². The van der Waals surface area contributed by atoms with Crippen LogP contribution in [-0.4, -0.2) is 16.5 Å². The van der Waals surface area contributed by atoms with E-state index in [2.05, 4.69) is 67.4 Å². The largest absolute Gasteiger partial charge is 0.369 e. The molecule has 0 aliphatic carbocycles. The Labute approximate surface area is 150 Å². The van der Waals surface area contributed by atoms with Crippen molar-refractivity contribution >= 4 is 5.82 Å². The van der Waals surface area contributed by atoms with Crippen molar-refractivity contribution in [2.75, 3.05) is 11.9 Å². The molecule has 0 unspecified atom stereocenters. The molecule has 1 heterocycles. The lowest BCUT2D eigenvalue weighted by Gasteiger charge is -2.28. The summed E-state index contributed by atoms with van der Waals surface area (Å²) in [6.07, 6.45) is 1.73. The molecule has 0 radical (unpaired) electrons. The van der Waals surface area contributed by atoms with Crippen molar-refractivity contribution in [2.24, 2.45) is 5.41 Å². The molecule has 0 saturated heterocycles. The van der Waals surface area contributed by atoms with Gasteiger partial charge in [-0.05, 0) is 24.8 Å². The zero-order valence-corrected chi connectivity index (χ0v) is 15.7. The average molecular weight is 337 g/mol. The first-order chi connectivity index (χ1) is 11.7. The van der Waals surface area contributed by atoms with Crippen LogP contribution < -0.4 is 10.6 Å². The summed E-state index contributed by atoms with van der Waals surface area (Å²) in [7, 11) is 0. The van der Waals surface area contributed by atoms with Crippen LogP contribution in [0.4, 0.5) is 5.82 Å². The number of hydrogen-bond acceptors (Lipinski definition) is 5. The van der Waals surface area contributed by atoms with Gasteiger partial charge in [0.05, 0.1) is 0 Å². The van der Waals surface area contributed by atoms with E-state index in [0.717, 1.165) is 17.9 Å². The normalized spacial score (nSPS) is 11.8. The van der Waals surface area contributed by atoms with Crippen molar-refractivity contribution < 1.29 is 0 Å². The molecule has 5 heteroatoms. The molecule has 2 rings (SSSR count). The molecular weight excluding hydrogens is 310 g/mol. The maximum Gasteiger partial charge on any atom is 0.234 e. The van der Waals surface area contributed by atoms with Crippen LogP contribution in [0.1, 0.15) is 51.6 Å². The highest BCUT2D eigenvalue weighted by molar-refractivity contribution is 5.44. The van der Waals surface area contributed by atoms with E-state index in [4.69, 9.17) is 5.26 Å².